The first kappa shape index (κ1) is 33.0. The summed E-state index contributed by atoms with van der Waals surface area (Å²) in [6.45, 7) is 0. The summed E-state index contributed by atoms with van der Waals surface area (Å²) in [6.07, 6.45) is -18.9. The topological polar surface area (TPSA) is 304 Å². The summed E-state index contributed by atoms with van der Waals surface area (Å²) in [5.74, 6) is -1.40. The standard InChI is InChI=1S/C30H26O18/c31-12-3-2-10(6-13(12)32)16-9-15(34)18-14(33)7-11(8-17(18)45-16)44-25-21(37)20(36)24(40)30(48-25)5-1-4-29(27(41)42)23(39)19(35)22(38)26(47-29)46-28(30)43/h2-3,6-9,19-26,31-33,35-40H,5H2,(H,41,42)/t19-,20-,21-,22-,23+,24+,25+,26+,29+,30+/m1/s1. The van der Waals surface area contributed by atoms with Gasteiger partial charge in [0.1, 0.15) is 64.9 Å². The number of aliphatic hydroxyl groups excluding tert-OH is 6. The summed E-state index contributed by atoms with van der Waals surface area (Å²) in [5, 5.41) is 103. The van der Waals surface area contributed by atoms with Gasteiger partial charge in [-0.15, -0.1) is 0 Å². The molecule has 48 heavy (non-hydrogen) atoms. The molecule has 4 heterocycles. The summed E-state index contributed by atoms with van der Waals surface area (Å²) in [6, 6.07) is 6.55. The largest absolute Gasteiger partial charge is 0.507 e. The molecule has 18 nitrogen and oxygen atoms in total. The molecule has 0 saturated carbocycles. The number of rotatable bonds is 4. The van der Waals surface area contributed by atoms with Crippen LogP contribution in [0.15, 0.2) is 45.6 Å². The van der Waals surface area contributed by atoms with Gasteiger partial charge in [0.25, 0.3) is 5.60 Å². The van der Waals surface area contributed by atoms with E-state index in [4.69, 9.17) is 23.4 Å². The highest BCUT2D eigenvalue weighted by Gasteiger charge is 2.64. The number of aliphatic carboxylic acids is 1. The molecule has 3 aliphatic rings. The van der Waals surface area contributed by atoms with Crippen molar-refractivity contribution in [1.29, 1.82) is 0 Å². The van der Waals surface area contributed by atoms with Gasteiger partial charge in [0.15, 0.2) is 16.9 Å². The minimum atomic E-state index is -2.92. The number of fused-ring (bicyclic) bond motifs is 3. The summed E-state index contributed by atoms with van der Waals surface area (Å²) < 4.78 is 27.2. The van der Waals surface area contributed by atoms with Crippen LogP contribution < -0.4 is 10.2 Å². The van der Waals surface area contributed by atoms with Gasteiger partial charge in [-0.05, 0) is 18.2 Å². The van der Waals surface area contributed by atoms with Crippen molar-refractivity contribution < 1.29 is 84.0 Å². The zero-order valence-electron chi connectivity index (χ0n) is 24.0. The third-order valence-corrected chi connectivity index (χ3v) is 8.23. The lowest BCUT2D eigenvalue weighted by molar-refractivity contribution is -0.329. The summed E-state index contributed by atoms with van der Waals surface area (Å²) in [7, 11) is 0. The quantitative estimate of drug-likeness (QED) is 0.0767. The molecule has 10 N–H and O–H groups in total. The van der Waals surface area contributed by atoms with Crippen molar-refractivity contribution in [2.45, 2.75) is 66.8 Å². The predicted molar refractivity (Wildman–Crippen MR) is 151 cm³/mol. The number of phenols is 3. The lowest BCUT2D eigenvalue weighted by Gasteiger charge is -2.47. The monoisotopic (exact) mass is 674 g/mol. The number of carboxylic acids is 1. The third kappa shape index (κ3) is 5.06. The second-order valence-corrected chi connectivity index (χ2v) is 11.3. The fourth-order valence-electron chi connectivity index (χ4n) is 5.57. The van der Waals surface area contributed by atoms with Crippen LogP contribution in [0.2, 0.25) is 0 Å². The van der Waals surface area contributed by atoms with Gasteiger partial charge < -0.3 is 74.4 Å². The van der Waals surface area contributed by atoms with Crippen LogP contribution in [-0.2, 0) is 23.8 Å². The van der Waals surface area contributed by atoms with Crippen LogP contribution in [0, 0.1) is 11.8 Å². The number of phenolic OH excluding ortho intramolecular Hbond substituents is 3. The zero-order chi connectivity index (χ0) is 34.9. The average Bonchev–Trinajstić information content (AvgIpc) is 3.09. The van der Waals surface area contributed by atoms with E-state index in [0.717, 1.165) is 30.3 Å². The predicted octanol–water partition coefficient (Wildman–Crippen LogP) is -2.65. The number of aliphatic hydroxyl groups is 6. The van der Waals surface area contributed by atoms with Gasteiger partial charge >= 0.3 is 11.9 Å². The summed E-state index contributed by atoms with van der Waals surface area (Å²) in [5.41, 5.74) is -6.57. The lowest BCUT2D eigenvalue weighted by Crippen LogP contribution is -2.70. The molecule has 2 fully saturated rings. The van der Waals surface area contributed by atoms with Crippen LogP contribution in [0.1, 0.15) is 6.42 Å². The normalized spacial score (nSPS) is 34.7. The van der Waals surface area contributed by atoms with E-state index in [1.54, 1.807) is 0 Å². The van der Waals surface area contributed by atoms with E-state index in [-0.39, 0.29) is 28.0 Å². The fourth-order valence-corrected chi connectivity index (χ4v) is 5.57. The number of hydrogen-bond donors (Lipinski definition) is 10. The van der Waals surface area contributed by atoms with E-state index in [0.29, 0.717) is 0 Å². The van der Waals surface area contributed by atoms with Crippen LogP contribution >= 0.6 is 0 Å². The molecule has 10 atom stereocenters. The van der Waals surface area contributed by atoms with Gasteiger partial charge in [-0.2, -0.15) is 0 Å². The van der Waals surface area contributed by atoms with Gasteiger partial charge in [-0.3, -0.25) is 4.79 Å². The highest BCUT2D eigenvalue weighted by atomic mass is 16.8. The Hall–Kier alpha value is -4.97. The van der Waals surface area contributed by atoms with Crippen molar-refractivity contribution in [3.05, 3.63) is 46.6 Å². The van der Waals surface area contributed by atoms with E-state index in [2.05, 4.69) is 11.8 Å². The average molecular weight is 675 g/mol. The molecule has 254 valence electrons. The van der Waals surface area contributed by atoms with E-state index in [9.17, 15) is 65.4 Å². The lowest BCUT2D eigenvalue weighted by atomic mass is 9.83. The van der Waals surface area contributed by atoms with Crippen molar-refractivity contribution in [1.82, 2.24) is 0 Å². The number of esters is 1. The molecule has 0 radical (unpaired) electrons. The first-order chi connectivity index (χ1) is 22.6. The van der Waals surface area contributed by atoms with E-state index in [1.807, 2.05) is 0 Å². The number of carbonyl (C=O) groups excluding carboxylic acids is 1. The van der Waals surface area contributed by atoms with Crippen molar-refractivity contribution >= 4 is 22.9 Å². The van der Waals surface area contributed by atoms with Crippen molar-refractivity contribution in [2.24, 2.45) is 0 Å². The maximum atomic E-state index is 13.5. The van der Waals surface area contributed by atoms with E-state index in [1.165, 1.54) is 6.07 Å². The van der Waals surface area contributed by atoms with Gasteiger partial charge in [0.05, 0.1) is 6.42 Å². The molecule has 0 unspecified atom stereocenters. The van der Waals surface area contributed by atoms with Crippen LogP contribution in [-0.4, -0.2) is 123 Å². The Kier molecular flexibility index (Phi) is 7.98. The van der Waals surface area contributed by atoms with Crippen molar-refractivity contribution in [3.8, 4) is 46.2 Å². The third-order valence-electron chi connectivity index (χ3n) is 8.23. The number of ether oxygens (including phenoxy) is 4. The molecule has 18 heteroatoms. The molecular formula is C30H26O18. The van der Waals surface area contributed by atoms with Crippen LogP contribution in [0.4, 0.5) is 0 Å². The minimum absolute atomic E-state index is 0.110. The first-order valence-corrected chi connectivity index (χ1v) is 14.0. The van der Waals surface area contributed by atoms with Crippen LogP contribution in [0.25, 0.3) is 22.3 Å². The highest BCUT2D eigenvalue weighted by Crippen LogP contribution is 2.40. The Labute approximate surface area is 266 Å². The molecule has 2 aromatic carbocycles. The number of benzene rings is 2. The minimum Gasteiger partial charge on any atom is -0.507 e. The second kappa shape index (κ2) is 11.6. The molecule has 2 saturated heterocycles. The first-order valence-electron chi connectivity index (χ1n) is 14.0. The van der Waals surface area contributed by atoms with Gasteiger partial charge in [0, 0.05) is 23.8 Å². The molecule has 2 bridgehead atoms. The number of carboxylic acid groups (broad SMARTS) is 1. The number of carbonyl (C=O) groups is 2. The summed E-state index contributed by atoms with van der Waals surface area (Å²) in [4.78, 5) is 38.5. The van der Waals surface area contributed by atoms with Crippen molar-refractivity contribution in [3.63, 3.8) is 0 Å². The molecule has 0 aliphatic carbocycles. The Bertz CT molecular complexity index is 1930. The highest BCUT2D eigenvalue weighted by molar-refractivity contribution is 5.87. The Morgan fingerprint density at radius 2 is 1.54 bits per heavy atom. The molecule has 3 aliphatic heterocycles. The zero-order valence-corrected chi connectivity index (χ0v) is 24.0. The second-order valence-electron chi connectivity index (χ2n) is 11.3. The number of aromatic hydroxyl groups is 3. The molecular weight excluding hydrogens is 648 g/mol. The molecule has 0 amide bonds. The number of hydrogen-bond acceptors (Lipinski definition) is 17. The molecule has 3 aromatic rings. The Morgan fingerprint density at radius 1 is 0.833 bits per heavy atom. The molecule has 1 aromatic heterocycles. The van der Waals surface area contributed by atoms with Crippen LogP contribution in [0.3, 0.4) is 0 Å². The van der Waals surface area contributed by atoms with Crippen LogP contribution in [0.5, 0.6) is 23.0 Å². The maximum absolute atomic E-state index is 13.5. The molecule has 1 spiro atoms. The Morgan fingerprint density at radius 3 is 2.23 bits per heavy atom. The fraction of sp³-hybridized carbons (Fsp3) is 0.367. The smallest absolute Gasteiger partial charge is 0.351 e. The SMILES string of the molecule is O=C(O)[C@@]12C#CC[C@@]3(O[C@H](Oc4cc(O)c5c(=O)cc(-c6ccc(O)c(O)c6)oc5c4)[C@H](O)[C@@H](O)[C@@H]3O)C(=O)O[C@@H](O1)[C@H](O)[C@@H](O)[C@@H]2O. The van der Waals surface area contributed by atoms with Gasteiger partial charge in [-0.25, -0.2) is 9.59 Å². The van der Waals surface area contributed by atoms with E-state index >= 15 is 0 Å². The molecule has 6 rings (SSSR count). The van der Waals surface area contributed by atoms with E-state index < -0.39 is 101 Å². The van der Waals surface area contributed by atoms with Gasteiger partial charge in [-0.1, -0.05) is 11.8 Å². The summed E-state index contributed by atoms with van der Waals surface area (Å²) >= 11 is 0. The van der Waals surface area contributed by atoms with Crippen molar-refractivity contribution in [2.75, 3.05) is 0 Å². The maximum Gasteiger partial charge on any atom is 0.351 e. The van der Waals surface area contributed by atoms with Gasteiger partial charge in [0.2, 0.25) is 18.2 Å². The Balaban J connectivity index is 1.38.